The molecule has 3 aromatic rings. The Balaban J connectivity index is 2.21. The van der Waals surface area contributed by atoms with Gasteiger partial charge in [-0.15, -0.1) is 0 Å². The van der Waals surface area contributed by atoms with Gasteiger partial charge in [-0.2, -0.15) is 0 Å². The number of nitrogens with zero attached hydrogens (tertiary/aromatic N) is 1. The van der Waals surface area contributed by atoms with Crippen LogP contribution in [0, 0.1) is 11.8 Å². The minimum atomic E-state index is 0.321. The van der Waals surface area contributed by atoms with E-state index in [0.29, 0.717) is 12.4 Å². The maximum absolute atomic E-state index is 11.6. The van der Waals surface area contributed by atoms with Crippen LogP contribution in [0.25, 0.3) is 10.9 Å². The van der Waals surface area contributed by atoms with E-state index < -0.39 is 0 Å². The van der Waals surface area contributed by atoms with Crippen LogP contribution >= 0.6 is 0 Å². The molecule has 0 N–H and O–H groups in total. The molecule has 0 aliphatic heterocycles. The van der Waals surface area contributed by atoms with Crippen LogP contribution in [0.15, 0.2) is 54.6 Å². The number of hydrogen-bond donors (Lipinski definition) is 0. The second-order valence-electron chi connectivity index (χ2n) is 4.86. The van der Waals surface area contributed by atoms with Crippen LogP contribution in [-0.4, -0.2) is 18.0 Å². The van der Waals surface area contributed by atoms with Crippen LogP contribution in [0.2, 0.25) is 0 Å². The molecule has 2 aromatic carbocycles. The predicted octanol–water partition coefficient (Wildman–Crippen LogP) is 3.46. The van der Waals surface area contributed by atoms with Gasteiger partial charge < -0.3 is 9.30 Å². The van der Waals surface area contributed by atoms with E-state index in [1.165, 1.54) is 0 Å². The first kappa shape index (κ1) is 14.1. The molecule has 3 rings (SSSR count). The van der Waals surface area contributed by atoms with Crippen LogP contribution in [0.4, 0.5) is 0 Å². The average Bonchev–Trinajstić information content (AvgIpc) is 2.87. The summed E-state index contributed by atoms with van der Waals surface area (Å²) in [5.41, 5.74) is 3.16. The van der Waals surface area contributed by atoms with E-state index in [1.54, 1.807) is 7.11 Å². The molecule has 108 valence electrons. The first-order valence-corrected chi connectivity index (χ1v) is 6.97. The summed E-state index contributed by atoms with van der Waals surface area (Å²) in [6.07, 6.45) is 0.841. The molecule has 0 saturated carbocycles. The Bertz CT molecular complexity index is 867. The van der Waals surface area contributed by atoms with E-state index >= 15 is 0 Å². The topological polar surface area (TPSA) is 31.2 Å². The molecule has 22 heavy (non-hydrogen) atoms. The molecule has 3 heteroatoms. The Morgan fingerprint density at radius 1 is 1.05 bits per heavy atom. The number of carbonyl (C=O) groups is 1. The van der Waals surface area contributed by atoms with Crippen molar-refractivity contribution in [2.75, 3.05) is 7.11 Å². The van der Waals surface area contributed by atoms with Crippen LogP contribution in [0.5, 0.6) is 0 Å². The van der Waals surface area contributed by atoms with E-state index in [0.717, 1.165) is 28.3 Å². The minimum Gasteiger partial charge on any atom is -0.364 e. The lowest BCUT2D eigenvalue weighted by molar-refractivity contribution is 0.107. The van der Waals surface area contributed by atoms with Crippen LogP contribution < -0.4 is 0 Å². The molecular formula is C19H15NO2. The van der Waals surface area contributed by atoms with Gasteiger partial charge in [0.2, 0.25) is 0 Å². The van der Waals surface area contributed by atoms with Crippen molar-refractivity contribution >= 4 is 17.2 Å². The Kier molecular flexibility index (Phi) is 4.04. The molecule has 3 nitrogen and oxygen atoms in total. The Hall–Kier alpha value is -2.83. The molecule has 0 aliphatic rings. The highest BCUT2D eigenvalue weighted by Crippen LogP contribution is 2.24. The van der Waals surface area contributed by atoms with Gasteiger partial charge in [-0.25, -0.2) is 0 Å². The zero-order valence-electron chi connectivity index (χ0n) is 12.2. The lowest BCUT2D eigenvalue weighted by atomic mass is 10.1. The molecule has 0 spiro atoms. The SMILES string of the molecule is COCn1c(C=O)c(C#Cc2ccccc2)c2ccccc21. The van der Waals surface area contributed by atoms with Gasteiger partial charge in [-0.05, 0) is 18.2 Å². The van der Waals surface area contributed by atoms with Crippen LogP contribution in [-0.2, 0) is 11.5 Å². The van der Waals surface area contributed by atoms with Crippen molar-refractivity contribution in [3.05, 3.63) is 71.4 Å². The molecule has 1 heterocycles. The number of benzene rings is 2. The minimum absolute atomic E-state index is 0.321. The lowest BCUT2D eigenvalue weighted by Crippen LogP contribution is -2.04. The highest BCUT2D eigenvalue weighted by Gasteiger charge is 2.14. The number of rotatable bonds is 3. The van der Waals surface area contributed by atoms with Gasteiger partial charge in [0.1, 0.15) is 6.73 Å². The van der Waals surface area contributed by atoms with Gasteiger partial charge in [0.15, 0.2) is 6.29 Å². The number of methoxy groups -OCH3 is 1. The largest absolute Gasteiger partial charge is 0.364 e. The van der Waals surface area contributed by atoms with Crippen molar-refractivity contribution in [1.82, 2.24) is 4.57 Å². The third kappa shape index (κ3) is 2.52. The Morgan fingerprint density at radius 3 is 2.50 bits per heavy atom. The molecule has 0 fully saturated rings. The number of ether oxygens (including phenoxy) is 1. The van der Waals surface area contributed by atoms with E-state index in [4.69, 9.17) is 4.74 Å². The number of hydrogen-bond acceptors (Lipinski definition) is 2. The van der Waals surface area contributed by atoms with Gasteiger partial charge in [0.25, 0.3) is 0 Å². The fourth-order valence-electron chi connectivity index (χ4n) is 2.50. The summed E-state index contributed by atoms with van der Waals surface area (Å²) in [5, 5.41) is 0.963. The monoisotopic (exact) mass is 289 g/mol. The summed E-state index contributed by atoms with van der Waals surface area (Å²) < 4.78 is 7.06. The van der Waals surface area contributed by atoms with Gasteiger partial charge in [-0.3, -0.25) is 4.79 Å². The van der Waals surface area contributed by atoms with Gasteiger partial charge >= 0.3 is 0 Å². The first-order chi connectivity index (χ1) is 10.8. The molecule has 0 atom stereocenters. The quantitative estimate of drug-likeness (QED) is 0.546. The number of aldehydes is 1. The molecule has 1 aromatic heterocycles. The summed E-state index contributed by atoms with van der Waals surface area (Å²) >= 11 is 0. The summed E-state index contributed by atoms with van der Waals surface area (Å²) in [6, 6.07) is 17.6. The first-order valence-electron chi connectivity index (χ1n) is 6.97. The standard InChI is InChI=1S/C19H15NO2/c1-22-14-20-18-10-6-5-9-16(18)17(19(20)13-21)12-11-15-7-3-2-4-8-15/h2-10,13H,14H2,1H3. The van der Waals surface area contributed by atoms with Gasteiger partial charge in [-0.1, -0.05) is 48.2 Å². The number of aromatic nitrogens is 1. The van der Waals surface area contributed by atoms with Crippen LogP contribution in [0.3, 0.4) is 0 Å². The van der Waals surface area contributed by atoms with E-state index in [2.05, 4.69) is 11.8 Å². The third-order valence-electron chi connectivity index (χ3n) is 3.49. The second-order valence-corrected chi connectivity index (χ2v) is 4.86. The maximum atomic E-state index is 11.6. The van der Waals surface area contributed by atoms with E-state index in [1.807, 2.05) is 59.2 Å². The highest BCUT2D eigenvalue weighted by atomic mass is 16.5. The molecule has 0 aliphatic carbocycles. The van der Waals surface area contributed by atoms with E-state index in [-0.39, 0.29) is 0 Å². The van der Waals surface area contributed by atoms with Crippen molar-refractivity contribution in [3.8, 4) is 11.8 Å². The fraction of sp³-hybridized carbons (Fsp3) is 0.105. The molecule has 0 radical (unpaired) electrons. The van der Waals surface area contributed by atoms with Crippen molar-refractivity contribution in [3.63, 3.8) is 0 Å². The second kappa shape index (κ2) is 6.30. The average molecular weight is 289 g/mol. The zero-order valence-corrected chi connectivity index (χ0v) is 12.2. The van der Waals surface area contributed by atoms with E-state index in [9.17, 15) is 4.79 Å². The highest BCUT2D eigenvalue weighted by molar-refractivity contribution is 5.96. The maximum Gasteiger partial charge on any atom is 0.167 e. The lowest BCUT2D eigenvalue weighted by Gasteiger charge is -2.04. The van der Waals surface area contributed by atoms with Crippen LogP contribution in [0.1, 0.15) is 21.6 Å². The number of para-hydroxylation sites is 1. The van der Waals surface area contributed by atoms with Crippen molar-refractivity contribution in [2.45, 2.75) is 6.73 Å². The van der Waals surface area contributed by atoms with Crippen molar-refractivity contribution in [2.24, 2.45) is 0 Å². The smallest absolute Gasteiger partial charge is 0.167 e. The molecule has 0 unspecified atom stereocenters. The number of carbonyl (C=O) groups excluding carboxylic acids is 1. The summed E-state index contributed by atoms with van der Waals surface area (Å²) in [5.74, 6) is 6.26. The summed E-state index contributed by atoms with van der Waals surface area (Å²) in [6.45, 7) is 0.321. The summed E-state index contributed by atoms with van der Waals surface area (Å²) in [4.78, 5) is 11.6. The molecule has 0 bridgehead atoms. The normalized spacial score (nSPS) is 10.2. The summed E-state index contributed by atoms with van der Waals surface area (Å²) in [7, 11) is 1.61. The van der Waals surface area contributed by atoms with Crippen molar-refractivity contribution in [1.29, 1.82) is 0 Å². The third-order valence-corrected chi connectivity index (χ3v) is 3.49. The number of fused-ring (bicyclic) bond motifs is 1. The van der Waals surface area contributed by atoms with Gasteiger partial charge in [0.05, 0.1) is 16.8 Å². The van der Waals surface area contributed by atoms with Gasteiger partial charge in [0, 0.05) is 18.1 Å². The predicted molar refractivity (Wildman–Crippen MR) is 86.8 cm³/mol. The molecule has 0 saturated heterocycles. The fourth-order valence-corrected chi connectivity index (χ4v) is 2.50. The zero-order chi connectivity index (χ0) is 15.4. The Labute approximate surface area is 129 Å². The molecular weight excluding hydrogens is 274 g/mol. The van der Waals surface area contributed by atoms with Crippen molar-refractivity contribution < 1.29 is 9.53 Å². The molecule has 0 amide bonds. The Morgan fingerprint density at radius 2 is 1.77 bits per heavy atom.